The van der Waals surface area contributed by atoms with E-state index in [4.69, 9.17) is 0 Å². The van der Waals surface area contributed by atoms with E-state index in [1.54, 1.807) is 16.9 Å². The van der Waals surface area contributed by atoms with E-state index in [0.29, 0.717) is 24.6 Å². The van der Waals surface area contributed by atoms with Gasteiger partial charge in [0.2, 0.25) is 0 Å². The number of piperidine rings is 1. The van der Waals surface area contributed by atoms with Crippen LogP contribution in [0.3, 0.4) is 0 Å². The van der Waals surface area contributed by atoms with Crippen molar-refractivity contribution in [2.45, 2.75) is 32.0 Å². The summed E-state index contributed by atoms with van der Waals surface area (Å²) in [6.45, 7) is 3.08. The number of carbonyl (C=O) groups excluding carboxylic acids is 1. The summed E-state index contributed by atoms with van der Waals surface area (Å²) in [4.78, 5) is 19.2. The molecule has 32 heavy (non-hydrogen) atoms. The van der Waals surface area contributed by atoms with Crippen molar-refractivity contribution in [1.29, 1.82) is 0 Å². The number of carbonyl (C=O) groups is 1. The first-order valence-electron chi connectivity index (χ1n) is 10.5. The molecule has 0 saturated carbocycles. The number of hydrogen-bond acceptors (Lipinski definition) is 4. The van der Waals surface area contributed by atoms with E-state index in [0.717, 1.165) is 30.8 Å². The number of para-hydroxylation sites is 1. The topological polar surface area (TPSA) is 63.1 Å². The average molecular weight is 443 g/mol. The van der Waals surface area contributed by atoms with Gasteiger partial charge in [0.15, 0.2) is 0 Å². The zero-order chi connectivity index (χ0) is 22.7. The lowest BCUT2D eigenvalue weighted by Crippen LogP contribution is -2.51. The number of benzene rings is 1. The number of aromatic nitrogens is 3. The van der Waals surface area contributed by atoms with Crippen LogP contribution in [0.4, 0.5) is 19.0 Å². The second-order valence-electron chi connectivity index (χ2n) is 7.96. The van der Waals surface area contributed by atoms with Crippen LogP contribution in [0, 0.1) is 5.92 Å². The maximum Gasteiger partial charge on any atom is 0.417 e. The first-order valence-corrected chi connectivity index (χ1v) is 10.5. The highest BCUT2D eigenvalue weighted by molar-refractivity contribution is 5.93. The number of alkyl halides is 3. The van der Waals surface area contributed by atoms with Crippen LogP contribution < -0.4 is 5.32 Å². The molecule has 0 bridgehead atoms. The highest BCUT2D eigenvalue weighted by atomic mass is 19.4. The maximum atomic E-state index is 13.5. The van der Waals surface area contributed by atoms with Crippen molar-refractivity contribution in [3.05, 3.63) is 72.2 Å². The second kappa shape index (κ2) is 9.02. The third-order valence-electron chi connectivity index (χ3n) is 5.82. The van der Waals surface area contributed by atoms with Crippen LogP contribution in [-0.2, 0) is 6.18 Å². The smallest absolute Gasteiger partial charge is 0.368 e. The monoisotopic (exact) mass is 443 g/mol. The molecule has 0 radical (unpaired) electrons. The van der Waals surface area contributed by atoms with Crippen LogP contribution >= 0.6 is 0 Å². The number of amides is 1. The van der Waals surface area contributed by atoms with Gasteiger partial charge in [0.25, 0.3) is 5.91 Å². The fraction of sp³-hybridized carbons (Fsp3) is 0.348. The Labute approximate surface area is 184 Å². The molecule has 1 amide bonds. The largest absolute Gasteiger partial charge is 0.417 e. The van der Waals surface area contributed by atoms with Crippen LogP contribution in [0.25, 0.3) is 5.69 Å². The molecule has 168 valence electrons. The minimum absolute atomic E-state index is 0.120. The summed E-state index contributed by atoms with van der Waals surface area (Å²) in [6.07, 6.45) is -0.148. The molecule has 1 aliphatic heterocycles. The number of nitrogens with zero attached hydrogens (tertiary/aromatic N) is 4. The molecule has 6 nitrogen and oxygen atoms in total. The van der Waals surface area contributed by atoms with Crippen molar-refractivity contribution in [1.82, 2.24) is 19.7 Å². The molecular formula is C23H24F3N5O. The van der Waals surface area contributed by atoms with Crippen molar-refractivity contribution in [2.75, 3.05) is 18.4 Å². The molecule has 3 aromatic rings. The summed E-state index contributed by atoms with van der Waals surface area (Å²) in [7, 11) is 0. The molecule has 2 atom stereocenters. The molecule has 0 unspecified atom stereocenters. The van der Waals surface area contributed by atoms with Gasteiger partial charge >= 0.3 is 6.18 Å². The van der Waals surface area contributed by atoms with Crippen LogP contribution in [0.2, 0.25) is 0 Å². The van der Waals surface area contributed by atoms with E-state index in [9.17, 15) is 18.0 Å². The Balaban J connectivity index is 1.51. The third-order valence-corrected chi connectivity index (χ3v) is 5.82. The van der Waals surface area contributed by atoms with E-state index < -0.39 is 11.7 Å². The minimum atomic E-state index is -4.42. The van der Waals surface area contributed by atoms with Crippen LogP contribution in [0.15, 0.2) is 60.9 Å². The number of anilines is 1. The van der Waals surface area contributed by atoms with Crippen molar-refractivity contribution in [3.63, 3.8) is 0 Å². The molecule has 1 aliphatic rings. The lowest BCUT2D eigenvalue weighted by atomic mass is 9.90. The zero-order valence-corrected chi connectivity index (χ0v) is 17.6. The fourth-order valence-electron chi connectivity index (χ4n) is 4.08. The first kappa shape index (κ1) is 21.9. The highest BCUT2D eigenvalue weighted by Gasteiger charge is 2.34. The van der Waals surface area contributed by atoms with Crippen LogP contribution in [0.1, 0.15) is 35.8 Å². The Morgan fingerprint density at radius 2 is 1.94 bits per heavy atom. The number of hydrogen-bond donors (Lipinski definition) is 1. The number of rotatable bonds is 5. The predicted molar refractivity (Wildman–Crippen MR) is 115 cm³/mol. The quantitative estimate of drug-likeness (QED) is 0.624. The van der Waals surface area contributed by atoms with Gasteiger partial charge in [0, 0.05) is 19.3 Å². The Hall–Kier alpha value is -3.36. The van der Waals surface area contributed by atoms with Gasteiger partial charge in [-0.1, -0.05) is 25.1 Å². The third kappa shape index (κ3) is 4.61. The average Bonchev–Trinajstić information content (AvgIpc) is 3.28. The molecule has 2 aromatic heterocycles. The summed E-state index contributed by atoms with van der Waals surface area (Å²) in [6, 6.07) is 13.3. The Bertz CT molecular complexity index is 1050. The summed E-state index contributed by atoms with van der Waals surface area (Å²) in [5.74, 6) is 0.449. The summed E-state index contributed by atoms with van der Waals surface area (Å²) in [5.41, 5.74) is 0.484. The minimum Gasteiger partial charge on any atom is -0.368 e. The van der Waals surface area contributed by atoms with E-state index in [1.165, 1.54) is 6.07 Å². The lowest BCUT2D eigenvalue weighted by Gasteiger charge is -2.40. The van der Waals surface area contributed by atoms with Crippen LogP contribution in [0.5, 0.6) is 0 Å². The highest BCUT2D eigenvalue weighted by Crippen LogP contribution is 2.29. The first-order chi connectivity index (χ1) is 15.3. The van der Waals surface area contributed by atoms with Crippen molar-refractivity contribution >= 4 is 11.7 Å². The van der Waals surface area contributed by atoms with Gasteiger partial charge in [-0.25, -0.2) is 9.67 Å². The maximum absolute atomic E-state index is 13.5. The second-order valence-corrected chi connectivity index (χ2v) is 7.96. The molecule has 1 aromatic carbocycles. The summed E-state index contributed by atoms with van der Waals surface area (Å²) < 4.78 is 39.9. The van der Waals surface area contributed by atoms with E-state index in [1.807, 2.05) is 35.2 Å². The van der Waals surface area contributed by atoms with Crippen molar-refractivity contribution < 1.29 is 18.0 Å². The molecule has 1 N–H and O–H groups in total. The fourth-order valence-corrected chi connectivity index (χ4v) is 4.08. The molecule has 3 heterocycles. The molecule has 4 rings (SSSR count). The molecule has 1 fully saturated rings. The Kier molecular flexibility index (Phi) is 6.16. The van der Waals surface area contributed by atoms with E-state index in [2.05, 4.69) is 22.3 Å². The Morgan fingerprint density at radius 1 is 1.16 bits per heavy atom. The van der Waals surface area contributed by atoms with Crippen molar-refractivity contribution in [3.8, 4) is 5.69 Å². The van der Waals surface area contributed by atoms with Gasteiger partial charge in [-0.3, -0.25) is 4.79 Å². The number of nitrogens with one attached hydrogen (secondary N) is 1. The van der Waals surface area contributed by atoms with Crippen LogP contribution in [-0.4, -0.2) is 44.7 Å². The van der Waals surface area contributed by atoms with Gasteiger partial charge in [-0.15, -0.1) is 0 Å². The van der Waals surface area contributed by atoms with Gasteiger partial charge in [0.1, 0.15) is 11.5 Å². The SMILES string of the molecule is C[C@H]1CCCN(C(=O)c2ccnn2-c2ccccc2)[C@H]1CNc1ccc(C(F)(F)F)cn1. The van der Waals surface area contributed by atoms with Crippen molar-refractivity contribution in [2.24, 2.45) is 5.92 Å². The molecule has 0 aliphatic carbocycles. The summed E-state index contributed by atoms with van der Waals surface area (Å²) in [5, 5.41) is 7.42. The molecule has 0 spiro atoms. The molecule has 1 saturated heterocycles. The molecule has 9 heteroatoms. The predicted octanol–water partition coefficient (Wildman–Crippen LogP) is 4.64. The zero-order valence-electron chi connectivity index (χ0n) is 17.6. The molecular weight excluding hydrogens is 419 g/mol. The van der Waals surface area contributed by atoms with Gasteiger partial charge in [-0.05, 0) is 49.1 Å². The van der Waals surface area contributed by atoms with E-state index in [-0.39, 0.29) is 17.9 Å². The number of pyridine rings is 1. The summed E-state index contributed by atoms with van der Waals surface area (Å²) >= 11 is 0. The number of likely N-dealkylation sites (tertiary alicyclic amines) is 1. The van der Waals surface area contributed by atoms with Gasteiger partial charge in [-0.2, -0.15) is 18.3 Å². The standard InChI is InChI=1S/C23H24F3N5O/c1-16-6-5-13-30(20(16)15-28-21-10-9-17(14-27-21)23(24,25)26)22(32)19-11-12-29-31(19)18-7-3-2-4-8-18/h2-4,7-12,14,16,20H,5-6,13,15H2,1H3,(H,27,28)/t16-,20-/m0/s1. The normalized spacial score (nSPS) is 19.1. The Morgan fingerprint density at radius 3 is 2.62 bits per heavy atom. The van der Waals surface area contributed by atoms with E-state index >= 15 is 0 Å². The van der Waals surface area contributed by atoms with Gasteiger partial charge in [0.05, 0.1) is 23.5 Å². The van der Waals surface area contributed by atoms with Gasteiger partial charge < -0.3 is 10.2 Å². The lowest BCUT2D eigenvalue weighted by molar-refractivity contribution is -0.137. The number of halogens is 3.